The van der Waals surface area contributed by atoms with E-state index in [0.717, 1.165) is 15.5 Å². The number of hydrogen-bond donors (Lipinski definition) is 2. The molecule has 20 heavy (non-hydrogen) atoms. The van der Waals surface area contributed by atoms with E-state index in [1.165, 1.54) is 11.8 Å². The average molecular weight is 309 g/mol. The SMILES string of the molecule is COc1ccccc1Sc1ccc(Cl)cc1C(N)=NO. The third kappa shape index (κ3) is 3.18. The van der Waals surface area contributed by atoms with Crippen LogP contribution in [0.1, 0.15) is 5.56 Å². The molecule has 0 heterocycles. The van der Waals surface area contributed by atoms with Crippen LogP contribution in [0.5, 0.6) is 5.75 Å². The van der Waals surface area contributed by atoms with E-state index in [2.05, 4.69) is 5.16 Å². The fourth-order valence-electron chi connectivity index (χ4n) is 1.67. The molecule has 2 aromatic rings. The van der Waals surface area contributed by atoms with Crippen LogP contribution >= 0.6 is 23.4 Å². The lowest BCUT2D eigenvalue weighted by Gasteiger charge is -2.11. The number of para-hydroxylation sites is 1. The first-order chi connectivity index (χ1) is 9.65. The third-order valence-electron chi connectivity index (χ3n) is 2.61. The van der Waals surface area contributed by atoms with Gasteiger partial charge in [-0.3, -0.25) is 0 Å². The molecule has 0 aliphatic rings. The largest absolute Gasteiger partial charge is 0.496 e. The number of nitrogens with two attached hydrogens (primary N) is 1. The van der Waals surface area contributed by atoms with Crippen molar-refractivity contribution in [3.05, 3.63) is 53.1 Å². The molecule has 2 aromatic carbocycles. The van der Waals surface area contributed by atoms with Crippen LogP contribution in [0.15, 0.2) is 57.4 Å². The smallest absolute Gasteiger partial charge is 0.171 e. The number of benzene rings is 2. The summed E-state index contributed by atoms with van der Waals surface area (Å²) >= 11 is 7.42. The van der Waals surface area contributed by atoms with Crippen molar-refractivity contribution in [1.82, 2.24) is 0 Å². The fraction of sp³-hybridized carbons (Fsp3) is 0.0714. The fourth-order valence-corrected chi connectivity index (χ4v) is 2.88. The normalized spacial score (nSPS) is 11.4. The van der Waals surface area contributed by atoms with Crippen molar-refractivity contribution < 1.29 is 9.94 Å². The Bertz CT molecular complexity index is 647. The minimum absolute atomic E-state index is 0.0184. The molecule has 6 heteroatoms. The first-order valence-corrected chi connectivity index (χ1v) is 6.93. The minimum atomic E-state index is 0.0184. The van der Waals surface area contributed by atoms with Gasteiger partial charge in [0.05, 0.1) is 12.0 Å². The predicted molar refractivity (Wildman–Crippen MR) is 81.1 cm³/mol. The molecular formula is C14H13ClN2O2S. The topological polar surface area (TPSA) is 67.8 Å². The van der Waals surface area contributed by atoms with E-state index in [-0.39, 0.29) is 5.84 Å². The van der Waals surface area contributed by atoms with E-state index in [4.69, 9.17) is 27.3 Å². The number of hydrogen-bond acceptors (Lipinski definition) is 4. The van der Waals surface area contributed by atoms with E-state index in [1.807, 2.05) is 30.3 Å². The van der Waals surface area contributed by atoms with Crippen LogP contribution in [0.3, 0.4) is 0 Å². The second kappa shape index (κ2) is 6.54. The van der Waals surface area contributed by atoms with Gasteiger partial charge in [0.2, 0.25) is 0 Å². The molecule has 0 amide bonds. The quantitative estimate of drug-likeness (QED) is 0.392. The van der Waals surface area contributed by atoms with Crippen molar-refractivity contribution in [1.29, 1.82) is 0 Å². The van der Waals surface area contributed by atoms with E-state index in [0.29, 0.717) is 10.6 Å². The summed E-state index contributed by atoms with van der Waals surface area (Å²) in [6.07, 6.45) is 0. The maximum absolute atomic E-state index is 8.86. The summed E-state index contributed by atoms with van der Waals surface area (Å²) in [5, 5.41) is 12.4. The number of amidine groups is 1. The van der Waals surface area contributed by atoms with Crippen molar-refractivity contribution in [2.45, 2.75) is 9.79 Å². The van der Waals surface area contributed by atoms with Gasteiger partial charge in [0.15, 0.2) is 5.84 Å². The average Bonchev–Trinajstić information content (AvgIpc) is 2.48. The Labute approximate surface area is 126 Å². The minimum Gasteiger partial charge on any atom is -0.496 e. The van der Waals surface area contributed by atoms with Gasteiger partial charge in [-0.25, -0.2) is 0 Å². The molecule has 0 aromatic heterocycles. The molecular weight excluding hydrogens is 296 g/mol. The van der Waals surface area contributed by atoms with Crippen LogP contribution in [0.4, 0.5) is 0 Å². The summed E-state index contributed by atoms with van der Waals surface area (Å²) in [4.78, 5) is 1.76. The van der Waals surface area contributed by atoms with Gasteiger partial charge in [0.1, 0.15) is 5.75 Å². The molecule has 0 radical (unpaired) electrons. The van der Waals surface area contributed by atoms with Gasteiger partial charge in [-0.2, -0.15) is 0 Å². The van der Waals surface area contributed by atoms with Crippen LogP contribution < -0.4 is 10.5 Å². The highest BCUT2D eigenvalue weighted by Gasteiger charge is 2.11. The van der Waals surface area contributed by atoms with E-state index < -0.39 is 0 Å². The number of oxime groups is 1. The third-order valence-corrected chi connectivity index (χ3v) is 3.98. The summed E-state index contributed by atoms with van der Waals surface area (Å²) < 4.78 is 5.31. The molecule has 104 valence electrons. The molecule has 0 bridgehead atoms. The Hall–Kier alpha value is -1.85. The molecule has 3 N–H and O–H groups in total. The molecule has 0 unspecified atom stereocenters. The second-order valence-electron chi connectivity index (χ2n) is 3.88. The van der Waals surface area contributed by atoms with Gasteiger partial charge in [-0.05, 0) is 30.3 Å². The summed E-state index contributed by atoms with van der Waals surface area (Å²) in [7, 11) is 1.62. The van der Waals surface area contributed by atoms with Crippen LogP contribution in [0.2, 0.25) is 5.02 Å². The number of rotatable bonds is 4. The van der Waals surface area contributed by atoms with Gasteiger partial charge >= 0.3 is 0 Å². The lowest BCUT2D eigenvalue weighted by molar-refractivity contribution is 0.318. The first kappa shape index (κ1) is 14.6. The van der Waals surface area contributed by atoms with Crippen molar-refractivity contribution in [3.63, 3.8) is 0 Å². The summed E-state index contributed by atoms with van der Waals surface area (Å²) in [6.45, 7) is 0. The lowest BCUT2D eigenvalue weighted by atomic mass is 10.2. The van der Waals surface area contributed by atoms with Crippen LogP contribution in [-0.2, 0) is 0 Å². The van der Waals surface area contributed by atoms with E-state index in [1.54, 1.807) is 19.2 Å². The zero-order valence-corrected chi connectivity index (χ0v) is 12.3. The van der Waals surface area contributed by atoms with Crippen LogP contribution in [0, 0.1) is 0 Å². The molecule has 0 saturated heterocycles. The maximum Gasteiger partial charge on any atom is 0.171 e. The lowest BCUT2D eigenvalue weighted by Crippen LogP contribution is -2.14. The Morgan fingerprint density at radius 3 is 2.70 bits per heavy atom. The zero-order chi connectivity index (χ0) is 14.5. The summed E-state index contributed by atoms with van der Waals surface area (Å²) in [5.74, 6) is 0.780. The number of nitrogens with zero attached hydrogens (tertiary/aromatic N) is 1. The molecule has 0 spiro atoms. The Balaban J connectivity index is 2.43. The molecule has 4 nitrogen and oxygen atoms in total. The van der Waals surface area contributed by atoms with Crippen molar-refractivity contribution in [3.8, 4) is 5.75 Å². The van der Waals surface area contributed by atoms with E-state index in [9.17, 15) is 0 Å². The summed E-state index contributed by atoms with van der Waals surface area (Å²) in [5.41, 5.74) is 6.26. The molecule has 0 atom stereocenters. The second-order valence-corrected chi connectivity index (χ2v) is 5.40. The van der Waals surface area contributed by atoms with Gasteiger partial charge < -0.3 is 15.7 Å². The van der Waals surface area contributed by atoms with Crippen molar-refractivity contribution in [2.24, 2.45) is 10.9 Å². The first-order valence-electron chi connectivity index (χ1n) is 5.74. The molecule has 2 rings (SSSR count). The Morgan fingerprint density at radius 2 is 2.00 bits per heavy atom. The number of halogens is 1. The Morgan fingerprint density at radius 1 is 1.25 bits per heavy atom. The predicted octanol–water partition coefficient (Wildman–Crippen LogP) is 3.59. The molecule has 0 fully saturated rings. The van der Waals surface area contributed by atoms with Crippen molar-refractivity contribution >= 4 is 29.2 Å². The van der Waals surface area contributed by atoms with E-state index >= 15 is 0 Å². The Kier molecular flexibility index (Phi) is 4.76. The molecule has 0 saturated carbocycles. The van der Waals surface area contributed by atoms with Gasteiger partial charge in [-0.15, -0.1) is 0 Å². The summed E-state index contributed by atoms with van der Waals surface area (Å²) in [6, 6.07) is 12.9. The van der Waals surface area contributed by atoms with Crippen LogP contribution in [0.25, 0.3) is 0 Å². The van der Waals surface area contributed by atoms with Gasteiger partial charge in [0, 0.05) is 15.5 Å². The molecule has 0 aliphatic heterocycles. The standard InChI is InChI=1S/C14H13ClN2O2S/c1-19-11-4-2-3-5-13(11)20-12-7-6-9(15)8-10(12)14(16)17-18/h2-8,18H,1H3,(H2,16,17). The zero-order valence-electron chi connectivity index (χ0n) is 10.7. The maximum atomic E-state index is 8.86. The van der Waals surface area contributed by atoms with Gasteiger partial charge in [0.25, 0.3) is 0 Å². The van der Waals surface area contributed by atoms with Crippen molar-refractivity contribution in [2.75, 3.05) is 7.11 Å². The highest BCUT2D eigenvalue weighted by atomic mass is 35.5. The van der Waals surface area contributed by atoms with Crippen LogP contribution in [-0.4, -0.2) is 18.2 Å². The van der Waals surface area contributed by atoms with Gasteiger partial charge in [-0.1, -0.05) is 40.7 Å². The highest BCUT2D eigenvalue weighted by Crippen LogP contribution is 2.37. The monoisotopic (exact) mass is 308 g/mol. The molecule has 0 aliphatic carbocycles. The number of methoxy groups -OCH3 is 1. The highest BCUT2D eigenvalue weighted by molar-refractivity contribution is 7.99. The number of ether oxygens (including phenoxy) is 1.